The lowest BCUT2D eigenvalue weighted by atomic mass is 10.1. The van der Waals surface area contributed by atoms with Gasteiger partial charge in [0.05, 0.1) is 6.04 Å². The minimum Gasteiger partial charge on any atom is -0.304 e. The van der Waals surface area contributed by atoms with E-state index in [1.807, 2.05) is 0 Å². The van der Waals surface area contributed by atoms with Crippen LogP contribution < -0.4 is 5.32 Å². The van der Waals surface area contributed by atoms with Crippen LogP contribution in [0.3, 0.4) is 0 Å². The molecule has 2 heteroatoms. The van der Waals surface area contributed by atoms with Gasteiger partial charge in [-0.15, -0.1) is 0 Å². The van der Waals surface area contributed by atoms with Crippen molar-refractivity contribution in [3.05, 3.63) is 0 Å². The Labute approximate surface area is 61.0 Å². The van der Waals surface area contributed by atoms with Gasteiger partial charge in [0.15, 0.2) is 6.29 Å². The van der Waals surface area contributed by atoms with Crippen molar-refractivity contribution in [1.29, 1.82) is 0 Å². The van der Waals surface area contributed by atoms with Crippen LogP contribution in [0.5, 0.6) is 0 Å². The first-order valence-corrected chi connectivity index (χ1v) is 3.61. The SMILES string of the molecule is O=CC#CC1CCCCN1. The van der Waals surface area contributed by atoms with Gasteiger partial charge < -0.3 is 5.32 Å². The van der Waals surface area contributed by atoms with Crippen LogP contribution in [0.25, 0.3) is 0 Å². The second-order valence-electron chi connectivity index (χ2n) is 2.41. The zero-order valence-corrected chi connectivity index (χ0v) is 5.89. The van der Waals surface area contributed by atoms with Gasteiger partial charge in [-0.1, -0.05) is 5.92 Å². The fourth-order valence-corrected chi connectivity index (χ4v) is 1.11. The normalized spacial score (nSPS) is 24.6. The van der Waals surface area contributed by atoms with Crippen LogP contribution >= 0.6 is 0 Å². The predicted octanol–water partition coefficient (Wildman–Crippen LogP) is 0.331. The maximum Gasteiger partial charge on any atom is 0.192 e. The molecule has 0 spiro atoms. The average Bonchev–Trinajstić information content (AvgIpc) is 2.03. The van der Waals surface area contributed by atoms with Crippen molar-refractivity contribution < 1.29 is 4.79 Å². The molecule has 0 aromatic heterocycles. The van der Waals surface area contributed by atoms with Crippen molar-refractivity contribution in [3.63, 3.8) is 0 Å². The lowest BCUT2D eigenvalue weighted by Crippen LogP contribution is -2.32. The van der Waals surface area contributed by atoms with Gasteiger partial charge in [0, 0.05) is 0 Å². The Balaban J connectivity index is 2.32. The molecule has 2 nitrogen and oxygen atoms in total. The van der Waals surface area contributed by atoms with Crippen molar-refractivity contribution in [3.8, 4) is 11.8 Å². The van der Waals surface area contributed by atoms with E-state index in [0.29, 0.717) is 6.29 Å². The average molecular weight is 137 g/mol. The molecule has 1 fully saturated rings. The Hall–Kier alpha value is -0.810. The summed E-state index contributed by atoms with van der Waals surface area (Å²) < 4.78 is 0. The third-order valence-corrected chi connectivity index (χ3v) is 1.63. The van der Waals surface area contributed by atoms with E-state index in [1.54, 1.807) is 0 Å². The molecule has 10 heavy (non-hydrogen) atoms. The number of rotatable bonds is 0. The van der Waals surface area contributed by atoms with Crippen LogP contribution in [0, 0.1) is 11.8 Å². The van der Waals surface area contributed by atoms with Crippen LogP contribution in [0.2, 0.25) is 0 Å². The number of carbonyl (C=O) groups is 1. The van der Waals surface area contributed by atoms with Gasteiger partial charge in [-0.25, -0.2) is 0 Å². The molecular formula is C8H11NO. The summed E-state index contributed by atoms with van der Waals surface area (Å²) in [4.78, 5) is 9.85. The Kier molecular flexibility index (Phi) is 2.98. The summed E-state index contributed by atoms with van der Waals surface area (Å²) in [6.07, 6.45) is 4.20. The molecule has 0 saturated carbocycles. The molecule has 0 bridgehead atoms. The Morgan fingerprint density at radius 2 is 2.40 bits per heavy atom. The van der Waals surface area contributed by atoms with E-state index in [4.69, 9.17) is 0 Å². The number of carbonyl (C=O) groups excluding carboxylic acids is 1. The quantitative estimate of drug-likeness (QED) is 0.385. The van der Waals surface area contributed by atoms with Crippen molar-refractivity contribution in [2.75, 3.05) is 6.54 Å². The predicted molar refractivity (Wildman–Crippen MR) is 39.5 cm³/mol. The van der Waals surface area contributed by atoms with Gasteiger partial charge in [-0.3, -0.25) is 4.79 Å². The molecule has 54 valence electrons. The number of hydrogen-bond acceptors (Lipinski definition) is 2. The molecule has 1 aliphatic heterocycles. The highest BCUT2D eigenvalue weighted by Crippen LogP contribution is 2.04. The van der Waals surface area contributed by atoms with E-state index in [1.165, 1.54) is 12.8 Å². The molecule has 1 N–H and O–H groups in total. The van der Waals surface area contributed by atoms with E-state index in [9.17, 15) is 4.79 Å². The summed E-state index contributed by atoms with van der Waals surface area (Å²) >= 11 is 0. The van der Waals surface area contributed by atoms with E-state index in [2.05, 4.69) is 17.2 Å². The highest BCUT2D eigenvalue weighted by atomic mass is 16.1. The van der Waals surface area contributed by atoms with E-state index >= 15 is 0 Å². The zero-order chi connectivity index (χ0) is 7.23. The molecular weight excluding hydrogens is 126 g/mol. The van der Waals surface area contributed by atoms with E-state index in [-0.39, 0.29) is 6.04 Å². The summed E-state index contributed by atoms with van der Waals surface area (Å²) in [5.41, 5.74) is 0. The van der Waals surface area contributed by atoms with Crippen molar-refractivity contribution in [1.82, 2.24) is 5.32 Å². The lowest BCUT2D eigenvalue weighted by Gasteiger charge is -2.17. The largest absolute Gasteiger partial charge is 0.304 e. The molecule has 0 aromatic rings. The maximum atomic E-state index is 9.85. The van der Waals surface area contributed by atoms with Crippen LogP contribution in [0.15, 0.2) is 0 Å². The summed E-state index contributed by atoms with van der Waals surface area (Å²) in [6, 6.07) is 0.263. The molecule has 1 heterocycles. The van der Waals surface area contributed by atoms with E-state index < -0.39 is 0 Å². The monoisotopic (exact) mass is 137 g/mol. The molecule has 0 amide bonds. The van der Waals surface area contributed by atoms with Gasteiger partial charge in [0.25, 0.3) is 0 Å². The number of aldehydes is 1. The Bertz CT molecular complexity index is 160. The summed E-state index contributed by atoms with van der Waals surface area (Å²) in [6.45, 7) is 1.04. The second-order valence-corrected chi connectivity index (χ2v) is 2.41. The van der Waals surface area contributed by atoms with Gasteiger partial charge in [-0.2, -0.15) is 0 Å². The standard InChI is InChI=1S/C8H11NO/c10-7-3-5-8-4-1-2-6-9-8/h7-9H,1-2,4,6H2. The first kappa shape index (κ1) is 7.30. The fourth-order valence-electron chi connectivity index (χ4n) is 1.11. The maximum absolute atomic E-state index is 9.85. The topological polar surface area (TPSA) is 29.1 Å². The van der Waals surface area contributed by atoms with Gasteiger partial charge in [0.2, 0.25) is 0 Å². The van der Waals surface area contributed by atoms with E-state index in [0.717, 1.165) is 13.0 Å². The fraction of sp³-hybridized carbons (Fsp3) is 0.625. The summed E-state index contributed by atoms with van der Waals surface area (Å²) in [7, 11) is 0. The zero-order valence-electron chi connectivity index (χ0n) is 5.89. The molecule has 1 unspecified atom stereocenters. The second kappa shape index (κ2) is 4.08. The van der Waals surface area contributed by atoms with Crippen LogP contribution in [-0.2, 0) is 4.79 Å². The first-order valence-electron chi connectivity index (χ1n) is 3.61. The summed E-state index contributed by atoms with van der Waals surface area (Å²) in [5.74, 6) is 5.27. The molecule has 1 atom stereocenters. The first-order chi connectivity index (χ1) is 4.93. The molecule has 1 saturated heterocycles. The van der Waals surface area contributed by atoms with Crippen molar-refractivity contribution >= 4 is 6.29 Å². The highest BCUT2D eigenvalue weighted by molar-refractivity contribution is 5.72. The number of piperidine rings is 1. The molecule has 1 rings (SSSR count). The summed E-state index contributed by atoms with van der Waals surface area (Å²) in [5, 5.41) is 3.22. The van der Waals surface area contributed by atoms with Gasteiger partial charge in [0.1, 0.15) is 0 Å². The minimum atomic E-state index is 0.263. The van der Waals surface area contributed by atoms with Crippen LogP contribution in [-0.4, -0.2) is 18.9 Å². The smallest absolute Gasteiger partial charge is 0.192 e. The van der Waals surface area contributed by atoms with Gasteiger partial charge >= 0.3 is 0 Å². The van der Waals surface area contributed by atoms with Crippen LogP contribution in [0.1, 0.15) is 19.3 Å². The molecule has 0 radical (unpaired) electrons. The third-order valence-electron chi connectivity index (χ3n) is 1.63. The lowest BCUT2D eigenvalue weighted by molar-refractivity contribution is -0.103. The molecule has 0 aliphatic carbocycles. The highest BCUT2D eigenvalue weighted by Gasteiger charge is 2.07. The Morgan fingerprint density at radius 3 is 3.00 bits per heavy atom. The molecule has 0 aromatic carbocycles. The minimum absolute atomic E-state index is 0.263. The van der Waals surface area contributed by atoms with Gasteiger partial charge in [-0.05, 0) is 31.7 Å². The number of hydrogen-bond donors (Lipinski definition) is 1. The number of nitrogens with one attached hydrogen (secondary N) is 1. The van der Waals surface area contributed by atoms with Crippen LogP contribution in [0.4, 0.5) is 0 Å². The third kappa shape index (κ3) is 2.20. The van der Waals surface area contributed by atoms with Crippen molar-refractivity contribution in [2.24, 2.45) is 0 Å². The Morgan fingerprint density at radius 1 is 1.50 bits per heavy atom. The molecule has 1 aliphatic rings. The van der Waals surface area contributed by atoms with Crippen molar-refractivity contribution in [2.45, 2.75) is 25.3 Å².